The molecule has 3 nitrogen and oxygen atoms in total. The molecule has 1 heterocycles. The maximum Gasteiger partial charge on any atom is 0.155 e. The van der Waals surface area contributed by atoms with Crippen molar-refractivity contribution >= 4 is 22.2 Å². The molecule has 2 rings (SSSR count). The maximum atomic E-state index is 13.6. The second-order valence-corrected chi connectivity index (χ2v) is 4.03. The minimum absolute atomic E-state index is 0.325. The van der Waals surface area contributed by atoms with Crippen LogP contribution in [0.4, 0.5) is 4.39 Å². The Balaban J connectivity index is 2.69. The fraction of sp³-hybridized carbons (Fsp3) is 0.0909. The highest BCUT2D eigenvalue weighted by Gasteiger charge is 2.17. The molecule has 0 aliphatic rings. The Kier molecular flexibility index (Phi) is 2.87. The molecule has 0 amide bonds. The lowest BCUT2D eigenvalue weighted by molar-refractivity contribution is 0.112. The lowest BCUT2D eigenvalue weighted by Crippen LogP contribution is -1.91. The van der Waals surface area contributed by atoms with Crippen molar-refractivity contribution in [3.8, 4) is 11.3 Å². The minimum Gasteiger partial charge on any atom is -0.298 e. The van der Waals surface area contributed by atoms with Crippen molar-refractivity contribution < 1.29 is 9.18 Å². The summed E-state index contributed by atoms with van der Waals surface area (Å²) in [7, 11) is 1.68. The first kappa shape index (κ1) is 11.0. The van der Waals surface area contributed by atoms with Gasteiger partial charge < -0.3 is 0 Å². The highest BCUT2D eigenvalue weighted by Crippen LogP contribution is 2.28. The van der Waals surface area contributed by atoms with Crippen molar-refractivity contribution in [2.75, 3.05) is 0 Å². The van der Waals surface area contributed by atoms with E-state index in [2.05, 4.69) is 21.0 Å². The molecule has 0 aliphatic heterocycles. The maximum absolute atomic E-state index is 13.6. The van der Waals surface area contributed by atoms with Crippen LogP contribution >= 0.6 is 15.9 Å². The second-order valence-electron chi connectivity index (χ2n) is 3.27. The van der Waals surface area contributed by atoms with Gasteiger partial charge >= 0.3 is 0 Å². The van der Waals surface area contributed by atoms with Crippen LogP contribution in [0.15, 0.2) is 28.9 Å². The fourth-order valence-corrected chi connectivity index (χ4v) is 1.84. The number of benzene rings is 1. The Labute approximate surface area is 100 Å². The zero-order valence-corrected chi connectivity index (χ0v) is 10.0. The van der Waals surface area contributed by atoms with Gasteiger partial charge in [-0.25, -0.2) is 4.39 Å². The van der Waals surface area contributed by atoms with Crippen LogP contribution in [0.5, 0.6) is 0 Å². The first-order valence-electron chi connectivity index (χ1n) is 4.57. The van der Waals surface area contributed by atoms with Gasteiger partial charge in [-0.2, -0.15) is 5.10 Å². The quantitative estimate of drug-likeness (QED) is 0.794. The van der Waals surface area contributed by atoms with E-state index in [1.54, 1.807) is 25.2 Å². The van der Waals surface area contributed by atoms with Gasteiger partial charge in [0.2, 0.25) is 0 Å². The van der Waals surface area contributed by atoms with Crippen molar-refractivity contribution in [1.29, 1.82) is 0 Å². The van der Waals surface area contributed by atoms with Gasteiger partial charge in [0, 0.05) is 12.6 Å². The molecule has 0 saturated heterocycles. The number of carbonyl (C=O) groups is 1. The molecule has 16 heavy (non-hydrogen) atoms. The lowest BCUT2D eigenvalue weighted by atomic mass is 10.1. The van der Waals surface area contributed by atoms with Crippen LogP contribution in [0.3, 0.4) is 0 Å². The molecular formula is C11H8BrFN2O. The van der Waals surface area contributed by atoms with Crippen LogP contribution in [0.25, 0.3) is 11.3 Å². The topological polar surface area (TPSA) is 34.9 Å². The van der Waals surface area contributed by atoms with E-state index in [0.717, 1.165) is 0 Å². The normalized spacial score (nSPS) is 10.4. The van der Waals surface area contributed by atoms with Crippen LogP contribution in [0.2, 0.25) is 0 Å². The van der Waals surface area contributed by atoms with Crippen molar-refractivity contribution in [3.05, 3.63) is 40.2 Å². The van der Waals surface area contributed by atoms with Gasteiger partial charge in [-0.3, -0.25) is 9.48 Å². The number of halogens is 2. The molecule has 0 spiro atoms. The SMILES string of the molecule is Cn1nc(-c2ccccc2F)c(C=O)c1Br. The van der Waals surface area contributed by atoms with Crippen LogP contribution in [0.1, 0.15) is 10.4 Å². The summed E-state index contributed by atoms with van der Waals surface area (Å²) < 4.78 is 15.6. The van der Waals surface area contributed by atoms with E-state index < -0.39 is 5.82 Å². The summed E-state index contributed by atoms with van der Waals surface area (Å²) in [4.78, 5) is 10.9. The molecule has 2 aromatic rings. The average Bonchev–Trinajstić information content (AvgIpc) is 2.56. The van der Waals surface area contributed by atoms with E-state index in [0.29, 0.717) is 27.7 Å². The van der Waals surface area contributed by atoms with E-state index >= 15 is 0 Å². The third-order valence-corrected chi connectivity index (χ3v) is 3.20. The predicted molar refractivity (Wildman–Crippen MR) is 61.7 cm³/mol. The Morgan fingerprint density at radius 3 is 2.75 bits per heavy atom. The highest BCUT2D eigenvalue weighted by atomic mass is 79.9. The van der Waals surface area contributed by atoms with Crippen molar-refractivity contribution in [2.24, 2.45) is 7.05 Å². The Morgan fingerprint density at radius 2 is 2.12 bits per heavy atom. The Morgan fingerprint density at radius 1 is 1.44 bits per heavy atom. The zero-order chi connectivity index (χ0) is 11.7. The summed E-state index contributed by atoms with van der Waals surface area (Å²) >= 11 is 3.23. The summed E-state index contributed by atoms with van der Waals surface area (Å²) in [5.41, 5.74) is 1.03. The van der Waals surface area contributed by atoms with Gasteiger partial charge in [0.25, 0.3) is 0 Å². The highest BCUT2D eigenvalue weighted by molar-refractivity contribution is 9.10. The molecule has 0 fully saturated rings. The van der Waals surface area contributed by atoms with E-state index in [-0.39, 0.29) is 0 Å². The number of carbonyl (C=O) groups excluding carboxylic acids is 1. The molecular weight excluding hydrogens is 275 g/mol. The Bertz CT molecular complexity index is 551. The van der Waals surface area contributed by atoms with Gasteiger partial charge in [-0.15, -0.1) is 0 Å². The molecule has 1 aromatic heterocycles. The third-order valence-electron chi connectivity index (χ3n) is 2.26. The van der Waals surface area contributed by atoms with Crippen LogP contribution in [-0.4, -0.2) is 16.1 Å². The number of hydrogen-bond donors (Lipinski definition) is 0. The fourth-order valence-electron chi connectivity index (χ4n) is 1.48. The van der Waals surface area contributed by atoms with Crippen LogP contribution in [0, 0.1) is 5.82 Å². The van der Waals surface area contributed by atoms with Crippen molar-refractivity contribution in [2.45, 2.75) is 0 Å². The number of hydrogen-bond acceptors (Lipinski definition) is 2. The number of rotatable bonds is 2. The molecule has 0 bridgehead atoms. The minimum atomic E-state index is -0.392. The van der Waals surface area contributed by atoms with E-state index in [9.17, 15) is 9.18 Å². The van der Waals surface area contributed by atoms with Gasteiger partial charge in [-0.1, -0.05) is 12.1 Å². The lowest BCUT2D eigenvalue weighted by Gasteiger charge is -1.98. The van der Waals surface area contributed by atoms with E-state index in [4.69, 9.17) is 0 Å². The summed E-state index contributed by atoms with van der Waals surface area (Å²) in [5.74, 6) is -0.392. The van der Waals surface area contributed by atoms with Gasteiger partial charge in [0.05, 0.1) is 5.56 Å². The summed E-state index contributed by atoms with van der Waals surface area (Å²) in [5, 5.41) is 4.11. The molecule has 0 radical (unpaired) electrons. The first-order chi connectivity index (χ1) is 7.65. The zero-order valence-electron chi connectivity index (χ0n) is 8.45. The third kappa shape index (κ3) is 1.67. The number of nitrogens with zero attached hydrogens (tertiary/aromatic N) is 2. The molecule has 5 heteroatoms. The number of aromatic nitrogens is 2. The van der Waals surface area contributed by atoms with Crippen molar-refractivity contribution in [3.63, 3.8) is 0 Å². The standard InChI is InChI=1S/C11H8BrFN2O/c1-15-11(12)8(6-16)10(14-15)7-4-2-3-5-9(7)13/h2-6H,1H3. The largest absolute Gasteiger partial charge is 0.298 e. The van der Waals surface area contributed by atoms with E-state index in [1.807, 2.05) is 0 Å². The molecule has 1 aromatic carbocycles. The molecule has 0 atom stereocenters. The van der Waals surface area contributed by atoms with Crippen LogP contribution in [-0.2, 0) is 7.05 Å². The molecule has 0 unspecified atom stereocenters. The predicted octanol–water partition coefficient (Wildman–Crippen LogP) is 2.80. The molecule has 0 saturated carbocycles. The Hall–Kier alpha value is -1.49. The number of aldehydes is 1. The van der Waals surface area contributed by atoms with Crippen LogP contribution < -0.4 is 0 Å². The second kappa shape index (κ2) is 4.17. The monoisotopic (exact) mass is 282 g/mol. The first-order valence-corrected chi connectivity index (χ1v) is 5.37. The molecule has 82 valence electrons. The van der Waals surface area contributed by atoms with E-state index in [1.165, 1.54) is 10.7 Å². The van der Waals surface area contributed by atoms with Gasteiger partial charge in [0.1, 0.15) is 16.1 Å². The van der Waals surface area contributed by atoms with Gasteiger partial charge in [-0.05, 0) is 28.1 Å². The summed E-state index contributed by atoms with van der Waals surface area (Å²) in [6.45, 7) is 0. The summed E-state index contributed by atoms with van der Waals surface area (Å²) in [6, 6.07) is 6.23. The smallest absolute Gasteiger partial charge is 0.155 e. The summed E-state index contributed by atoms with van der Waals surface area (Å²) in [6.07, 6.45) is 0.666. The van der Waals surface area contributed by atoms with Gasteiger partial charge in [0.15, 0.2) is 6.29 Å². The average molecular weight is 283 g/mol. The molecule has 0 aliphatic carbocycles. The number of aryl methyl sites for hydroxylation is 1. The van der Waals surface area contributed by atoms with Crippen molar-refractivity contribution in [1.82, 2.24) is 9.78 Å². The molecule has 0 N–H and O–H groups in total.